The normalized spacial score (nSPS) is 13.0. The largest absolute Gasteiger partial charge is 0.481 e. The van der Waals surface area contributed by atoms with Crippen LogP contribution in [0.3, 0.4) is 0 Å². The number of rotatable bonds is 16. The highest BCUT2D eigenvalue weighted by atomic mass is 79.9. The number of nitrogens with two attached hydrogens (primary N) is 1. The van der Waals surface area contributed by atoms with E-state index >= 15 is 0 Å². The van der Waals surface area contributed by atoms with E-state index in [9.17, 15) is 38.7 Å². The first-order valence-electron chi connectivity index (χ1n) is 9.86. The Morgan fingerprint density at radius 1 is 0.848 bits per heavy atom. The van der Waals surface area contributed by atoms with Gasteiger partial charge in [-0.15, -0.1) is 0 Å². The topological polar surface area (TPSA) is 234 Å². The fourth-order valence-electron chi connectivity index (χ4n) is 2.45. The van der Waals surface area contributed by atoms with Crippen molar-refractivity contribution in [1.29, 1.82) is 0 Å². The minimum Gasteiger partial charge on any atom is -0.481 e. The molecule has 0 aromatic heterocycles. The molecule has 0 spiro atoms. The van der Waals surface area contributed by atoms with Gasteiger partial charge >= 0.3 is 11.9 Å². The number of nitrogens with one attached hydrogen (secondary N) is 4. The van der Waals surface area contributed by atoms with E-state index in [0.29, 0.717) is 6.42 Å². The first-order valence-corrected chi connectivity index (χ1v) is 11.0. The molecule has 8 N–H and O–H groups in total. The Morgan fingerprint density at radius 3 is 1.91 bits per heavy atom. The molecule has 5 amide bonds. The summed E-state index contributed by atoms with van der Waals surface area (Å²) in [4.78, 5) is 82.0. The molecule has 0 saturated heterocycles. The van der Waals surface area contributed by atoms with Crippen LogP contribution in [0.2, 0.25) is 0 Å². The minimum absolute atomic E-state index is 0.129. The van der Waals surface area contributed by atoms with Gasteiger partial charge in [0.25, 0.3) is 0 Å². The Hall–Kier alpha value is -3.23. The summed E-state index contributed by atoms with van der Waals surface area (Å²) in [6.07, 6.45) is -0.919. The Kier molecular flexibility index (Phi) is 14.0. The summed E-state index contributed by atoms with van der Waals surface area (Å²) in [6.45, 7) is 1.31. The zero-order valence-electron chi connectivity index (χ0n) is 17.9. The number of hydrogen-bond donors (Lipinski definition) is 7. The van der Waals surface area contributed by atoms with E-state index in [4.69, 9.17) is 10.8 Å². The molecule has 1 unspecified atom stereocenters. The van der Waals surface area contributed by atoms with Crippen LogP contribution in [-0.4, -0.2) is 81.7 Å². The predicted molar refractivity (Wildman–Crippen MR) is 116 cm³/mol. The SMILES string of the molecule is CCCC(=O)NCC(NC(=O)[C@H](CC(N)=O)NC(=O)CBr)C(=O)N[C@H](CCC(=O)O)C(=O)O. The van der Waals surface area contributed by atoms with Crippen LogP contribution < -0.4 is 27.0 Å². The summed E-state index contributed by atoms with van der Waals surface area (Å²) < 4.78 is 0. The number of carboxylic acid groups (broad SMARTS) is 2. The van der Waals surface area contributed by atoms with Gasteiger partial charge in [-0.05, 0) is 12.8 Å². The van der Waals surface area contributed by atoms with Crippen LogP contribution >= 0.6 is 15.9 Å². The molecule has 0 aromatic rings. The number of carbonyl (C=O) groups is 7. The highest BCUT2D eigenvalue weighted by molar-refractivity contribution is 9.09. The van der Waals surface area contributed by atoms with Gasteiger partial charge in [-0.3, -0.25) is 28.8 Å². The van der Waals surface area contributed by atoms with Crippen molar-refractivity contribution in [3.05, 3.63) is 0 Å². The zero-order valence-corrected chi connectivity index (χ0v) is 19.5. The van der Waals surface area contributed by atoms with Gasteiger partial charge in [0.05, 0.1) is 11.8 Å². The summed E-state index contributed by atoms with van der Waals surface area (Å²) in [5.41, 5.74) is 5.10. The average Bonchev–Trinajstić information content (AvgIpc) is 2.72. The molecule has 3 atom stereocenters. The Morgan fingerprint density at radius 2 is 1.42 bits per heavy atom. The van der Waals surface area contributed by atoms with Crippen LogP contribution in [0.15, 0.2) is 0 Å². The third-order valence-corrected chi connectivity index (χ3v) is 4.56. The maximum absolute atomic E-state index is 12.7. The molecule has 0 bridgehead atoms. The average molecular weight is 538 g/mol. The van der Waals surface area contributed by atoms with E-state index in [1.807, 2.05) is 0 Å². The molecular formula is C18H28BrN5O9. The van der Waals surface area contributed by atoms with E-state index < -0.39 is 85.4 Å². The summed E-state index contributed by atoms with van der Waals surface area (Å²) >= 11 is 2.88. The number of alkyl halides is 1. The zero-order chi connectivity index (χ0) is 25.6. The van der Waals surface area contributed by atoms with Gasteiger partial charge in [-0.25, -0.2) is 4.79 Å². The van der Waals surface area contributed by atoms with Gasteiger partial charge in [0.15, 0.2) is 0 Å². The second-order valence-corrected chi connectivity index (χ2v) is 7.43. The van der Waals surface area contributed by atoms with Crippen LogP contribution in [0.5, 0.6) is 0 Å². The van der Waals surface area contributed by atoms with Crippen molar-refractivity contribution in [2.24, 2.45) is 5.73 Å². The Labute approximate surface area is 197 Å². The van der Waals surface area contributed by atoms with Crippen LogP contribution in [-0.2, 0) is 33.6 Å². The highest BCUT2D eigenvalue weighted by Crippen LogP contribution is 2.01. The van der Waals surface area contributed by atoms with Crippen molar-refractivity contribution in [2.45, 2.75) is 57.2 Å². The van der Waals surface area contributed by atoms with Gasteiger partial charge in [0.2, 0.25) is 29.5 Å². The van der Waals surface area contributed by atoms with Crippen molar-refractivity contribution < 1.29 is 43.8 Å². The van der Waals surface area contributed by atoms with Crippen molar-refractivity contribution >= 4 is 57.4 Å². The second-order valence-electron chi connectivity index (χ2n) is 6.87. The molecule has 186 valence electrons. The van der Waals surface area contributed by atoms with Crippen LogP contribution in [0, 0.1) is 0 Å². The van der Waals surface area contributed by atoms with E-state index in [0.717, 1.165) is 0 Å². The number of primary amides is 1. The summed E-state index contributed by atoms with van der Waals surface area (Å²) in [5.74, 6) is -6.78. The van der Waals surface area contributed by atoms with Gasteiger partial charge in [0.1, 0.15) is 18.1 Å². The van der Waals surface area contributed by atoms with Crippen LogP contribution in [0.4, 0.5) is 0 Å². The van der Waals surface area contributed by atoms with Gasteiger partial charge in [0, 0.05) is 19.4 Å². The number of aliphatic carboxylic acids is 2. The van der Waals surface area contributed by atoms with Crippen molar-refractivity contribution in [3.63, 3.8) is 0 Å². The third kappa shape index (κ3) is 13.0. The monoisotopic (exact) mass is 537 g/mol. The van der Waals surface area contributed by atoms with Gasteiger partial charge < -0.3 is 37.2 Å². The third-order valence-electron chi connectivity index (χ3n) is 4.05. The lowest BCUT2D eigenvalue weighted by Crippen LogP contribution is -2.59. The number of carbonyl (C=O) groups excluding carboxylic acids is 5. The molecule has 0 saturated carbocycles. The molecule has 33 heavy (non-hydrogen) atoms. The molecule has 15 heteroatoms. The number of carboxylic acids is 2. The molecule has 0 aromatic carbocycles. The second kappa shape index (κ2) is 15.6. The van der Waals surface area contributed by atoms with Crippen molar-refractivity contribution in [1.82, 2.24) is 21.3 Å². The molecule has 0 rings (SSSR count). The predicted octanol–water partition coefficient (Wildman–Crippen LogP) is -2.42. The van der Waals surface area contributed by atoms with Crippen LogP contribution in [0.25, 0.3) is 0 Å². The lowest BCUT2D eigenvalue weighted by molar-refractivity contribution is -0.143. The van der Waals surface area contributed by atoms with E-state index in [2.05, 4.69) is 37.2 Å². The van der Waals surface area contributed by atoms with Crippen molar-refractivity contribution in [3.8, 4) is 0 Å². The smallest absolute Gasteiger partial charge is 0.326 e. The summed E-state index contributed by atoms with van der Waals surface area (Å²) in [6, 6.07) is -4.51. The molecule has 0 aliphatic rings. The number of hydrogen-bond acceptors (Lipinski definition) is 7. The maximum atomic E-state index is 12.7. The molecule has 0 heterocycles. The first-order chi connectivity index (χ1) is 15.4. The van der Waals surface area contributed by atoms with Crippen molar-refractivity contribution in [2.75, 3.05) is 11.9 Å². The fraction of sp³-hybridized carbons (Fsp3) is 0.611. The summed E-state index contributed by atoms with van der Waals surface area (Å²) in [5, 5.41) is 26.8. The summed E-state index contributed by atoms with van der Waals surface area (Å²) in [7, 11) is 0. The lowest BCUT2D eigenvalue weighted by atomic mass is 10.1. The quantitative estimate of drug-likeness (QED) is 0.103. The van der Waals surface area contributed by atoms with Gasteiger partial charge in [-0.2, -0.15) is 0 Å². The van der Waals surface area contributed by atoms with Gasteiger partial charge in [-0.1, -0.05) is 22.9 Å². The molecule has 0 aliphatic carbocycles. The van der Waals surface area contributed by atoms with Crippen LogP contribution in [0.1, 0.15) is 39.0 Å². The molecular weight excluding hydrogens is 510 g/mol. The van der Waals surface area contributed by atoms with E-state index in [1.54, 1.807) is 6.92 Å². The first kappa shape index (κ1) is 29.8. The Balaban J connectivity index is 5.56. The number of amides is 5. The molecule has 0 fully saturated rings. The molecule has 14 nitrogen and oxygen atoms in total. The van der Waals surface area contributed by atoms with E-state index in [1.165, 1.54) is 0 Å². The van der Waals surface area contributed by atoms with E-state index in [-0.39, 0.29) is 11.8 Å². The highest BCUT2D eigenvalue weighted by Gasteiger charge is 2.30. The maximum Gasteiger partial charge on any atom is 0.326 e. The Bertz CT molecular complexity index is 762. The lowest BCUT2D eigenvalue weighted by Gasteiger charge is -2.24. The minimum atomic E-state index is -1.58. The molecule has 0 radical (unpaired) electrons. The molecule has 0 aliphatic heterocycles. The number of halogens is 1. The fourth-order valence-corrected chi connectivity index (χ4v) is 2.62. The standard InChI is InChI=1S/C18H28BrN5O9/c1-2-3-13(26)21-8-11(17(31)23-9(18(32)33)4-5-15(28)29)24-16(30)10(6-12(20)25)22-14(27)7-19/h9-11H,2-8H2,1H3,(H2,20,25)(H,21,26)(H,22,27)(H,23,31)(H,24,30)(H,28,29)(H,32,33)/t9-,10+,11?/m1/s1.